The highest BCUT2D eigenvalue weighted by atomic mass is 15.1. The molecule has 2 unspecified atom stereocenters. The number of hydrogen-bond acceptors (Lipinski definition) is 1. The Balaban J connectivity index is 0.00000155. The summed E-state index contributed by atoms with van der Waals surface area (Å²) in [6, 6.07) is 5.08. The molecule has 2 atom stereocenters. The molecule has 1 heteroatoms. The second-order valence-corrected chi connectivity index (χ2v) is 10.3. The van der Waals surface area contributed by atoms with Gasteiger partial charge in [0.05, 0.1) is 0 Å². The zero-order valence-electron chi connectivity index (χ0n) is 21.2. The van der Waals surface area contributed by atoms with Crippen LogP contribution in [0.4, 0.5) is 0 Å². The van der Waals surface area contributed by atoms with E-state index in [1.165, 1.54) is 50.6 Å². The summed E-state index contributed by atoms with van der Waals surface area (Å²) in [5.41, 5.74) is 9.52. The normalized spacial score (nSPS) is 21.5. The van der Waals surface area contributed by atoms with Gasteiger partial charge < -0.3 is 4.90 Å². The molecule has 168 valence electrons. The number of benzene rings is 1. The number of rotatable bonds is 7. The topological polar surface area (TPSA) is 3.24 Å². The smallest absolute Gasteiger partial charge is 0.0122 e. The Bertz CT molecular complexity index is 750. The van der Waals surface area contributed by atoms with E-state index >= 15 is 0 Å². The molecule has 3 rings (SSSR count). The second-order valence-electron chi connectivity index (χ2n) is 10.3. The van der Waals surface area contributed by atoms with Crippen molar-refractivity contribution in [3.8, 4) is 0 Å². The fourth-order valence-corrected chi connectivity index (χ4v) is 5.53. The van der Waals surface area contributed by atoms with Crippen molar-refractivity contribution in [1.82, 2.24) is 4.90 Å². The van der Waals surface area contributed by atoms with Gasteiger partial charge in [0.1, 0.15) is 0 Å². The standard InChI is InChI=1S/C27H41N.C2H6/c1-8-9-10-11-21-16-22(15-20(3)28(6)7)26-23(17-21)18-27(4,5)25-13-12-19(2)14-24(25)26;1-2/h14,16-17,24-25H,3,8-13,15,18H2,1-2,4-7H3;1-2H3. The van der Waals surface area contributed by atoms with Crippen LogP contribution in [0.1, 0.15) is 102 Å². The van der Waals surface area contributed by atoms with Crippen LogP contribution in [-0.2, 0) is 19.3 Å². The number of allylic oxidation sites excluding steroid dienone is 3. The van der Waals surface area contributed by atoms with Crippen molar-refractivity contribution in [3.63, 3.8) is 0 Å². The van der Waals surface area contributed by atoms with Crippen molar-refractivity contribution >= 4 is 0 Å². The molecule has 0 saturated carbocycles. The van der Waals surface area contributed by atoms with Gasteiger partial charge in [-0.2, -0.15) is 0 Å². The summed E-state index contributed by atoms with van der Waals surface area (Å²) in [4.78, 5) is 2.18. The van der Waals surface area contributed by atoms with Gasteiger partial charge in [0.2, 0.25) is 0 Å². The van der Waals surface area contributed by atoms with Crippen molar-refractivity contribution in [3.05, 3.63) is 58.3 Å². The Kier molecular flexibility index (Phi) is 8.83. The van der Waals surface area contributed by atoms with Crippen LogP contribution in [0.15, 0.2) is 36.1 Å². The summed E-state index contributed by atoms with van der Waals surface area (Å²) in [6.07, 6.45) is 12.6. The van der Waals surface area contributed by atoms with Crippen LogP contribution in [0, 0.1) is 11.3 Å². The van der Waals surface area contributed by atoms with Crippen LogP contribution in [-0.4, -0.2) is 19.0 Å². The largest absolute Gasteiger partial charge is 0.381 e. The van der Waals surface area contributed by atoms with E-state index in [1.54, 1.807) is 27.8 Å². The Hall–Kier alpha value is -1.50. The van der Waals surface area contributed by atoms with Crippen LogP contribution in [0.5, 0.6) is 0 Å². The first kappa shape index (κ1) is 24.8. The maximum absolute atomic E-state index is 4.36. The molecule has 0 heterocycles. The molecule has 1 aromatic rings. The summed E-state index contributed by atoms with van der Waals surface area (Å²) in [5, 5.41) is 0. The lowest BCUT2D eigenvalue weighted by atomic mass is 9.57. The van der Waals surface area contributed by atoms with Gasteiger partial charge in [0.25, 0.3) is 0 Å². The molecule has 0 fully saturated rings. The van der Waals surface area contributed by atoms with Gasteiger partial charge in [-0.15, -0.1) is 0 Å². The van der Waals surface area contributed by atoms with Gasteiger partial charge in [-0.1, -0.05) is 77.8 Å². The van der Waals surface area contributed by atoms with Gasteiger partial charge in [0.15, 0.2) is 0 Å². The van der Waals surface area contributed by atoms with Crippen LogP contribution in [0.2, 0.25) is 0 Å². The molecule has 0 spiro atoms. The predicted octanol–water partition coefficient (Wildman–Crippen LogP) is 8.09. The lowest BCUT2D eigenvalue weighted by molar-refractivity contribution is 0.157. The minimum atomic E-state index is 0.382. The monoisotopic (exact) mass is 409 g/mol. The SMILES string of the molecule is C=C(Cc1cc(CCCCC)cc2c1C1C=C(C)CCC1C(C)(C)C2)N(C)C.CC. The maximum Gasteiger partial charge on any atom is 0.0122 e. The third-order valence-electron chi connectivity index (χ3n) is 7.24. The Labute approximate surface area is 187 Å². The third-order valence-corrected chi connectivity index (χ3v) is 7.24. The van der Waals surface area contributed by atoms with E-state index in [-0.39, 0.29) is 0 Å². The van der Waals surface area contributed by atoms with Crippen molar-refractivity contribution in [1.29, 1.82) is 0 Å². The molecule has 0 N–H and O–H groups in total. The Morgan fingerprint density at radius 2 is 1.87 bits per heavy atom. The van der Waals surface area contributed by atoms with Gasteiger partial charge in [-0.3, -0.25) is 0 Å². The second kappa shape index (κ2) is 10.7. The zero-order valence-corrected chi connectivity index (χ0v) is 21.2. The van der Waals surface area contributed by atoms with Gasteiger partial charge in [-0.25, -0.2) is 0 Å². The van der Waals surface area contributed by atoms with E-state index in [0.717, 1.165) is 12.3 Å². The van der Waals surface area contributed by atoms with Gasteiger partial charge in [0, 0.05) is 32.1 Å². The highest BCUT2D eigenvalue weighted by molar-refractivity contribution is 5.48. The molecule has 2 aliphatic carbocycles. The average Bonchev–Trinajstić information content (AvgIpc) is 2.68. The zero-order chi connectivity index (χ0) is 22.5. The van der Waals surface area contributed by atoms with Crippen molar-refractivity contribution < 1.29 is 0 Å². The first-order valence-electron chi connectivity index (χ1n) is 12.4. The molecule has 0 saturated heterocycles. The molecule has 0 amide bonds. The van der Waals surface area contributed by atoms with Crippen molar-refractivity contribution in [2.24, 2.45) is 11.3 Å². The van der Waals surface area contributed by atoms with Crippen LogP contribution in [0.25, 0.3) is 0 Å². The Morgan fingerprint density at radius 1 is 1.17 bits per heavy atom. The van der Waals surface area contributed by atoms with E-state index in [2.05, 4.69) is 71.5 Å². The molecular formula is C29H47N. The molecule has 1 aromatic carbocycles. The summed E-state index contributed by atoms with van der Waals surface area (Å²) in [5.74, 6) is 1.35. The molecule has 1 nitrogen and oxygen atoms in total. The number of hydrogen-bond donors (Lipinski definition) is 0. The fraction of sp³-hybridized carbons (Fsp3) is 0.655. The summed E-state index contributed by atoms with van der Waals surface area (Å²) in [7, 11) is 4.24. The lowest BCUT2D eigenvalue weighted by Crippen LogP contribution is -2.38. The highest BCUT2D eigenvalue weighted by Crippen LogP contribution is 2.53. The molecule has 2 aliphatic rings. The van der Waals surface area contributed by atoms with Crippen LogP contribution in [0.3, 0.4) is 0 Å². The number of likely N-dealkylation sites (N-methyl/N-ethyl adjacent to an activating group) is 1. The first-order valence-corrected chi connectivity index (χ1v) is 12.4. The summed E-state index contributed by atoms with van der Waals surface area (Å²) in [6.45, 7) is 18.0. The predicted molar refractivity (Wildman–Crippen MR) is 134 cm³/mol. The van der Waals surface area contributed by atoms with Gasteiger partial charge >= 0.3 is 0 Å². The minimum Gasteiger partial charge on any atom is -0.381 e. The quantitative estimate of drug-likeness (QED) is 0.325. The highest BCUT2D eigenvalue weighted by Gasteiger charge is 2.43. The molecular weight excluding hydrogens is 362 g/mol. The Morgan fingerprint density at radius 3 is 2.50 bits per heavy atom. The van der Waals surface area contributed by atoms with E-state index in [9.17, 15) is 0 Å². The van der Waals surface area contributed by atoms with Crippen LogP contribution >= 0.6 is 0 Å². The molecule has 0 radical (unpaired) electrons. The van der Waals surface area contributed by atoms with Crippen molar-refractivity contribution in [2.45, 2.75) is 98.8 Å². The number of fused-ring (bicyclic) bond motifs is 3. The molecule has 30 heavy (non-hydrogen) atoms. The first-order chi connectivity index (χ1) is 14.2. The third kappa shape index (κ3) is 5.59. The van der Waals surface area contributed by atoms with Crippen LogP contribution < -0.4 is 0 Å². The average molecular weight is 410 g/mol. The van der Waals surface area contributed by atoms with E-state index in [4.69, 9.17) is 0 Å². The number of aryl methyl sites for hydroxylation is 1. The van der Waals surface area contributed by atoms with E-state index in [0.29, 0.717) is 11.3 Å². The summed E-state index contributed by atoms with van der Waals surface area (Å²) >= 11 is 0. The molecule has 0 aliphatic heterocycles. The lowest BCUT2D eigenvalue weighted by Gasteiger charge is -2.47. The van der Waals surface area contributed by atoms with E-state index in [1.807, 2.05) is 13.8 Å². The fourth-order valence-electron chi connectivity index (χ4n) is 5.53. The van der Waals surface area contributed by atoms with Crippen molar-refractivity contribution in [2.75, 3.05) is 14.1 Å². The number of unbranched alkanes of at least 4 members (excludes halogenated alkanes) is 2. The van der Waals surface area contributed by atoms with E-state index < -0.39 is 0 Å². The summed E-state index contributed by atoms with van der Waals surface area (Å²) < 4.78 is 0. The van der Waals surface area contributed by atoms with Gasteiger partial charge in [-0.05, 0) is 72.6 Å². The molecule has 0 aromatic heterocycles. The number of nitrogens with zero attached hydrogens (tertiary/aromatic N) is 1. The maximum atomic E-state index is 4.36. The minimum absolute atomic E-state index is 0.382. The molecule has 0 bridgehead atoms.